The number of hydrogen-bond acceptors (Lipinski definition) is 4. The zero-order chi connectivity index (χ0) is 22.0. The Hall–Kier alpha value is -1.61. The van der Waals surface area contributed by atoms with Crippen molar-refractivity contribution in [3.05, 3.63) is 20.3 Å². The van der Waals surface area contributed by atoms with Crippen molar-refractivity contribution in [2.24, 2.45) is 5.73 Å². The fourth-order valence-corrected chi connectivity index (χ4v) is 4.80. The quantitative estimate of drug-likeness (QED) is 0.359. The molecule has 0 aliphatic heterocycles. The molecule has 1 rings (SSSR count). The van der Waals surface area contributed by atoms with Crippen LogP contribution >= 0.6 is 27.3 Å². The number of nitrogens with two attached hydrogens (primary N) is 1. The predicted molar refractivity (Wildman–Crippen MR) is 121 cm³/mol. The van der Waals surface area contributed by atoms with Crippen LogP contribution in [0.1, 0.15) is 74.3 Å². The van der Waals surface area contributed by atoms with Gasteiger partial charge in [-0.25, -0.2) is 4.79 Å². The standard InChI is InChI=1S/C20H33BrN4O3S/c1-5-9-10-14(24-19(22)28)17(26)23-12-20(7-3,8-4)25-18(27)16-11-13(21)15(6-2)29-16/h11,14H,5-10,12H2,1-4H3,(H,23,26)(H,25,27)(H3,22,24,28). The highest BCUT2D eigenvalue weighted by atomic mass is 79.9. The van der Waals surface area contributed by atoms with Gasteiger partial charge in [-0.1, -0.05) is 40.5 Å². The molecule has 0 aliphatic carbocycles. The van der Waals surface area contributed by atoms with E-state index < -0.39 is 17.6 Å². The van der Waals surface area contributed by atoms with Crippen LogP contribution in [0.15, 0.2) is 10.5 Å². The van der Waals surface area contributed by atoms with Crippen molar-refractivity contribution >= 4 is 45.1 Å². The fourth-order valence-electron chi connectivity index (χ4n) is 3.01. The van der Waals surface area contributed by atoms with Gasteiger partial charge in [-0.3, -0.25) is 9.59 Å². The Labute approximate surface area is 185 Å². The van der Waals surface area contributed by atoms with Crippen molar-refractivity contribution in [2.75, 3.05) is 6.54 Å². The Morgan fingerprint density at radius 1 is 1.21 bits per heavy atom. The lowest BCUT2D eigenvalue weighted by Gasteiger charge is -2.33. The van der Waals surface area contributed by atoms with E-state index in [0.717, 1.165) is 28.6 Å². The molecule has 0 spiro atoms. The molecule has 1 aromatic heterocycles. The summed E-state index contributed by atoms with van der Waals surface area (Å²) in [5.74, 6) is -0.434. The average Bonchev–Trinajstić information content (AvgIpc) is 3.08. The Bertz CT molecular complexity index is 704. The van der Waals surface area contributed by atoms with Crippen molar-refractivity contribution < 1.29 is 14.4 Å². The molecule has 7 nitrogen and oxygen atoms in total. The lowest BCUT2D eigenvalue weighted by molar-refractivity contribution is -0.123. The highest BCUT2D eigenvalue weighted by Gasteiger charge is 2.31. The number of unbranched alkanes of at least 4 members (excludes halogenated alkanes) is 1. The lowest BCUT2D eigenvalue weighted by atomic mass is 9.92. The zero-order valence-electron chi connectivity index (χ0n) is 17.7. The fraction of sp³-hybridized carbons (Fsp3) is 0.650. The molecule has 0 bridgehead atoms. The average molecular weight is 489 g/mol. The second-order valence-electron chi connectivity index (χ2n) is 7.10. The van der Waals surface area contributed by atoms with Gasteiger partial charge in [0.05, 0.1) is 10.4 Å². The summed E-state index contributed by atoms with van der Waals surface area (Å²) >= 11 is 4.96. The minimum atomic E-state index is -0.721. The monoisotopic (exact) mass is 488 g/mol. The molecule has 0 aromatic carbocycles. The van der Waals surface area contributed by atoms with Gasteiger partial charge >= 0.3 is 6.03 Å². The van der Waals surface area contributed by atoms with Gasteiger partial charge in [0.2, 0.25) is 5.91 Å². The summed E-state index contributed by atoms with van der Waals surface area (Å²) in [5, 5.41) is 8.51. The number of halogens is 1. The summed E-state index contributed by atoms with van der Waals surface area (Å²) in [5.41, 5.74) is 4.63. The molecule has 0 radical (unpaired) electrons. The van der Waals surface area contributed by atoms with Crippen LogP contribution in [-0.4, -0.2) is 36.0 Å². The molecular weight excluding hydrogens is 456 g/mol. The highest BCUT2D eigenvalue weighted by molar-refractivity contribution is 9.10. The van der Waals surface area contributed by atoms with Crippen molar-refractivity contribution in [1.82, 2.24) is 16.0 Å². The summed E-state index contributed by atoms with van der Waals surface area (Å²) in [6.45, 7) is 8.30. The number of primary amides is 1. The second kappa shape index (κ2) is 12.2. The normalized spacial score (nSPS) is 12.3. The van der Waals surface area contributed by atoms with E-state index in [-0.39, 0.29) is 18.4 Å². The maximum Gasteiger partial charge on any atom is 0.312 e. The van der Waals surface area contributed by atoms with E-state index in [4.69, 9.17) is 5.73 Å². The van der Waals surface area contributed by atoms with E-state index in [1.807, 2.05) is 33.8 Å². The van der Waals surface area contributed by atoms with Crippen LogP contribution in [0.3, 0.4) is 0 Å². The summed E-state index contributed by atoms with van der Waals surface area (Å²) in [7, 11) is 0. The first-order chi connectivity index (χ1) is 13.7. The Kier molecular flexibility index (Phi) is 10.7. The summed E-state index contributed by atoms with van der Waals surface area (Å²) in [6.07, 6.45) is 4.40. The molecule has 4 amide bonds. The smallest absolute Gasteiger partial charge is 0.312 e. The number of aryl methyl sites for hydroxylation is 1. The predicted octanol–water partition coefficient (Wildman–Crippen LogP) is 3.70. The maximum absolute atomic E-state index is 12.8. The summed E-state index contributed by atoms with van der Waals surface area (Å²) < 4.78 is 0.943. The van der Waals surface area contributed by atoms with Crippen molar-refractivity contribution in [1.29, 1.82) is 0 Å². The molecule has 5 N–H and O–H groups in total. The number of hydrogen-bond donors (Lipinski definition) is 4. The van der Waals surface area contributed by atoms with Crippen LogP contribution in [0.5, 0.6) is 0 Å². The van der Waals surface area contributed by atoms with Crippen LogP contribution < -0.4 is 21.7 Å². The van der Waals surface area contributed by atoms with E-state index in [0.29, 0.717) is 24.1 Å². The van der Waals surface area contributed by atoms with Gasteiger partial charge in [-0.05, 0) is 47.7 Å². The molecule has 1 aromatic rings. The number of amides is 4. The van der Waals surface area contributed by atoms with Gasteiger partial charge in [-0.2, -0.15) is 0 Å². The number of carbonyl (C=O) groups excluding carboxylic acids is 3. The van der Waals surface area contributed by atoms with E-state index in [9.17, 15) is 14.4 Å². The molecule has 29 heavy (non-hydrogen) atoms. The minimum Gasteiger partial charge on any atom is -0.352 e. The van der Waals surface area contributed by atoms with Crippen LogP contribution in [-0.2, 0) is 11.2 Å². The van der Waals surface area contributed by atoms with Crippen molar-refractivity contribution in [3.63, 3.8) is 0 Å². The third-order valence-electron chi connectivity index (χ3n) is 5.11. The first kappa shape index (κ1) is 25.4. The number of thiophene rings is 1. The molecule has 0 saturated heterocycles. The van der Waals surface area contributed by atoms with Gasteiger partial charge in [0.15, 0.2) is 0 Å². The molecule has 1 atom stereocenters. The van der Waals surface area contributed by atoms with Crippen LogP contribution in [0.25, 0.3) is 0 Å². The highest BCUT2D eigenvalue weighted by Crippen LogP contribution is 2.28. The van der Waals surface area contributed by atoms with Crippen LogP contribution in [0, 0.1) is 0 Å². The van der Waals surface area contributed by atoms with E-state index >= 15 is 0 Å². The number of urea groups is 1. The largest absolute Gasteiger partial charge is 0.352 e. The molecule has 1 heterocycles. The maximum atomic E-state index is 12.8. The van der Waals surface area contributed by atoms with Gasteiger partial charge < -0.3 is 21.7 Å². The number of rotatable bonds is 12. The number of carbonyl (C=O) groups is 3. The summed E-state index contributed by atoms with van der Waals surface area (Å²) in [4.78, 5) is 38.4. The Balaban J connectivity index is 2.84. The van der Waals surface area contributed by atoms with Crippen LogP contribution in [0.4, 0.5) is 4.79 Å². The zero-order valence-corrected chi connectivity index (χ0v) is 20.1. The first-order valence-corrected chi connectivity index (χ1v) is 11.8. The molecule has 1 unspecified atom stereocenters. The van der Waals surface area contributed by atoms with Gasteiger partial charge in [0, 0.05) is 15.9 Å². The topological polar surface area (TPSA) is 113 Å². The SMILES string of the molecule is CCCCC(NC(N)=O)C(=O)NCC(CC)(CC)NC(=O)c1cc(Br)c(CC)s1. The number of nitrogens with one attached hydrogen (secondary N) is 3. The minimum absolute atomic E-state index is 0.147. The molecule has 0 saturated carbocycles. The van der Waals surface area contributed by atoms with Gasteiger partial charge in [0.1, 0.15) is 6.04 Å². The Morgan fingerprint density at radius 3 is 2.34 bits per heavy atom. The van der Waals surface area contributed by atoms with Crippen LogP contribution in [0.2, 0.25) is 0 Å². The molecule has 164 valence electrons. The molecular formula is C20H33BrN4O3S. The van der Waals surface area contributed by atoms with E-state index in [1.165, 1.54) is 11.3 Å². The third-order valence-corrected chi connectivity index (χ3v) is 7.36. The van der Waals surface area contributed by atoms with Gasteiger partial charge in [0.25, 0.3) is 5.91 Å². The lowest BCUT2D eigenvalue weighted by Crippen LogP contribution is -2.57. The van der Waals surface area contributed by atoms with E-state index in [2.05, 4.69) is 31.9 Å². The Morgan fingerprint density at radius 2 is 1.86 bits per heavy atom. The van der Waals surface area contributed by atoms with E-state index in [1.54, 1.807) is 0 Å². The second-order valence-corrected chi connectivity index (χ2v) is 9.09. The molecule has 0 aliphatic rings. The van der Waals surface area contributed by atoms with Crippen molar-refractivity contribution in [3.8, 4) is 0 Å². The third kappa shape index (κ3) is 7.62. The van der Waals surface area contributed by atoms with Gasteiger partial charge in [-0.15, -0.1) is 11.3 Å². The van der Waals surface area contributed by atoms with Crippen molar-refractivity contribution in [2.45, 2.75) is 77.8 Å². The summed E-state index contributed by atoms with van der Waals surface area (Å²) in [6, 6.07) is 0.446. The first-order valence-electron chi connectivity index (χ1n) is 10.2. The molecule has 9 heteroatoms. The molecule has 0 fully saturated rings.